The van der Waals surface area contributed by atoms with E-state index in [2.05, 4.69) is 4.99 Å². The Kier molecular flexibility index (Phi) is 7.97. The summed E-state index contributed by atoms with van der Waals surface area (Å²) < 4.78 is 18.6. The molecule has 0 aliphatic carbocycles. The van der Waals surface area contributed by atoms with Gasteiger partial charge in [0, 0.05) is 13.1 Å². The highest BCUT2D eigenvalue weighted by Gasteiger charge is 2.33. The molecular weight excluding hydrogens is 469 g/mol. The van der Waals surface area contributed by atoms with Crippen LogP contribution in [0.25, 0.3) is 6.08 Å². The van der Waals surface area contributed by atoms with Crippen molar-refractivity contribution in [3.8, 4) is 0 Å². The van der Waals surface area contributed by atoms with Gasteiger partial charge in [0.15, 0.2) is 5.17 Å². The van der Waals surface area contributed by atoms with Gasteiger partial charge in [-0.25, -0.2) is 9.38 Å². The third kappa shape index (κ3) is 5.97. The van der Waals surface area contributed by atoms with Crippen molar-refractivity contribution in [1.82, 2.24) is 4.90 Å². The Hall–Kier alpha value is -3.46. The maximum Gasteiger partial charge on any atom is 0.309 e. The van der Waals surface area contributed by atoms with Gasteiger partial charge in [-0.05, 0) is 55.7 Å². The topological polar surface area (TPSA) is 79.3 Å². The molecule has 0 atom stereocenters. The second-order valence-corrected chi connectivity index (χ2v) is 9.09. The third-order valence-electron chi connectivity index (χ3n) is 5.81. The molecule has 0 N–H and O–H groups in total. The first-order chi connectivity index (χ1) is 17.0. The van der Waals surface area contributed by atoms with E-state index in [0.717, 1.165) is 17.3 Å². The number of amidine groups is 1. The highest BCUT2D eigenvalue weighted by atomic mass is 32.2. The van der Waals surface area contributed by atoms with E-state index in [1.165, 1.54) is 29.2 Å². The van der Waals surface area contributed by atoms with Gasteiger partial charge < -0.3 is 9.64 Å². The van der Waals surface area contributed by atoms with Crippen LogP contribution < -0.4 is 4.90 Å². The Morgan fingerprint density at radius 2 is 1.80 bits per heavy atom. The summed E-state index contributed by atoms with van der Waals surface area (Å²) in [5.41, 5.74) is 1.54. The number of esters is 1. The molecule has 9 heteroatoms. The van der Waals surface area contributed by atoms with Crippen LogP contribution in [-0.2, 0) is 19.1 Å². The summed E-state index contributed by atoms with van der Waals surface area (Å²) in [6, 6.07) is 14.9. The number of carbonyl (C=O) groups excluding carboxylic acids is 3. The molecule has 2 aromatic carbocycles. The number of halogens is 1. The first-order valence-electron chi connectivity index (χ1n) is 11.5. The summed E-state index contributed by atoms with van der Waals surface area (Å²) >= 11 is 1.16. The van der Waals surface area contributed by atoms with Gasteiger partial charge in [-0.15, -0.1) is 0 Å². The molecule has 0 spiro atoms. The van der Waals surface area contributed by atoms with E-state index in [9.17, 15) is 18.8 Å². The van der Waals surface area contributed by atoms with E-state index in [0.29, 0.717) is 43.4 Å². The minimum Gasteiger partial charge on any atom is -0.466 e. The maximum absolute atomic E-state index is 13.5. The van der Waals surface area contributed by atoms with Gasteiger partial charge in [0.2, 0.25) is 5.91 Å². The van der Waals surface area contributed by atoms with Crippen LogP contribution in [0.5, 0.6) is 0 Å². The lowest BCUT2D eigenvalue weighted by Gasteiger charge is -2.31. The number of piperidine rings is 1. The maximum atomic E-state index is 13.5. The summed E-state index contributed by atoms with van der Waals surface area (Å²) in [5.74, 6) is -1.14. The molecule has 1 fully saturated rings. The number of hydrogen-bond acceptors (Lipinski definition) is 6. The number of hydrogen-bond donors (Lipinski definition) is 0. The zero-order valence-corrected chi connectivity index (χ0v) is 20.2. The molecule has 2 aliphatic heterocycles. The normalized spacial score (nSPS) is 17.6. The quantitative estimate of drug-likeness (QED) is 0.445. The number of likely N-dealkylation sites (tertiary alicyclic amines) is 1. The third-order valence-corrected chi connectivity index (χ3v) is 6.73. The van der Waals surface area contributed by atoms with Gasteiger partial charge in [-0.1, -0.05) is 42.1 Å². The molecule has 2 heterocycles. The van der Waals surface area contributed by atoms with Crippen LogP contribution >= 0.6 is 11.8 Å². The Morgan fingerprint density at radius 1 is 1.11 bits per heavy atom. The molecule has 1 saturated heterocycles. The lowest BCUT2D eigenvalue weighted by molar-refractivity contribution is -0.151. The van der Waals surface area contributed by atoms with Gasteiger partial charge in [-0.2, -0.15) is 0 Å². The van der Waals surface area contributed by atoms with Crippen molar-refractivity contribution in [3.05, 3.63) is 71.7 Å². The Morgan fingerprint density at radius 3 is 2.46 bits per heavy atom. The first-order valence-corrected chi connectivity index (χ1v) is 12.5. The minimum absolute atomic E-state index is 0.0898. The van der Waals surface area contributed by atoms with E-state index in [1.807, 2.05) is 30.3 Å². The SMILES string of the molecule is CCOC(=O)C1CCN(C(=O)CSC2=N/C(=C/c3ccccc3)C(=O)N2c2ccc(F)cc2)CC1. The molecule has 7 nitrogen and oxygen atoms in total. The summed E-state index contributed by atoms with van der Waals surface area (Å²) in [4.78, 5) is 45.7. The van der Waals surface area contributed by atoms with Crippen molar-refractivity contribution in [2.24, 2.45) is 10.9 Å². The van der Waals surface area contributed by atoms with Gasteiger partial charge in [0.1, 0.15) is 11.5 Å². The van der Waals surface area contributed by atoms with Crippen LogP contribution in [0.4, 0.5) is 10.1 Å². The van der Waals surface area contributed by atoms with Crippen molar-refractivity contribution >= 4 is 46.5 Å². The second-order valence-electron chi connectivity index (χ2n) is 8.15. The highest BCUT2D eigenvalue weighted by Crippen LogP contribution is 2.30. The molecular formula is C26H26FN3O4S. The molecule has 0 saturated carbocycles. The van der Waals surface area contributed by atoms with E-state index < -0.39 is 5.82 Å². The fourth-order valence-electron chi connectivity index (χ4n) is 3.96. The average Bonchev–Trinajstić information content (AvgIpc) is 3.18. The number of ether oxygens (including phenoxy) is 1. The van der Waals surface area contributed by atoms with Crippen LogP contribution in [-0.4, -0.2) is 53.3 Å². The van der Waals surface area contributed by atoms with Crippen LogP contribution in [0.1, 0.15) is 25.3 Å². The number of nitrogens with zero attached hydrogens (tertiary/aromatic N) is 3. The zero-order valence-electron chi connectivity index (χ0n) is 19.4. The van der Waals surface area contributed by atoms with Crippen LogP contribution in [0.15, 0.2) is 65.3 Å². The van der Waals surface area contributed by atoms with Crippen LogP contribution in [0, 0.1) is 11.7 Å². The molecule has 2 amide bonds. The standard InChI is InChI=1S/C26H26FN3O4S/c1-2-34-25(33)19-12-14-29(15-13-19)23(31)17-35-26-28-22(16-18-6-4-3-5-7-18)24(32)30(26)21-10-8-20(27)9-11-21/h3-11,16,19H,2,12-15,17H2,1H3/b22-16+. The molecule has 182 valence electrons. The number of rotatable bonds is 6. The van der Waals surface area contributed by atoms with Gasteiger partial charge in [0.25, 0.3) is 5.91 Å². The number of aliphatic imine (C=N–C) groups is 1. The summed E-state index contributed by atoms with van der Waals surface area (Å²) in [7, 11) is 0. The van der Waals surface area contributed by atoms with Gasteiger partial charge in [0.05, 0.1) is 24.0 Å². The largest absolute Gasteiger partial charge is 0.466 e. The van der Waals surface area contributed by atoms with Crippen molar-refractivity contribution in [1.29, 1.82) is 0 Å². The number of carbonyl (C=O) groups is 3. The lowest BCUT2D eigenvalue weighted by Crippen LogP contribution is -2.42. The fraction of sp³-hybridized carbons (Fsp3) is 0.308. The number of benzene rings is 2. The van der Waals surface area contributed by atoms with E-state index in [-0.39, 0.29) is 35.2 Å². The van der Waals surface area contributed by atoms with Crippen LogP contribution in [0.2, 0.25) is 0 Å². The molecule has 0 radical (unpaired) electrons. The summed E-state index contributed by atoms with van der Waals surface area (Å²) in [5, 5.41) is 0.360. The van der Waals surface area contributed by atoms with Crippen molar-refractivity contribution in [2.45, 2.75) is 19.8 Å². The molecule has 0 unspecified atom stereocenters. The van der Waals surface area contributed by atoms with Gasteiger partial charge >= 0.3 is 5.97 Å². The van der Waals surface area contributed by atoms with E-state index in [1.54, 1.807) is 17.9 Å². The fourth-order valence-corrected chi connectivity index (χ4v) is 4.88. The second kappa shape index (κ2) is 11.3. The van der Waals surface area contributed by atoms with E-state index >= 15 is 0 Å². The minimum atomic E-state index is -0.409. The van der Waals surface area contributed by atoms with Gasteiger partial charge in [-0.3, -0.25) is 19.3 Å². The Balaban J connectivity index is 1.46. The lowest BCUT2D eigenvalue weighted by atomic mass is 9.97. The predicted octanol–water partition coefficient (Wildman–Crippen LogP) is 4.10. The van der Waals surface area contributed by atoms with Crippen LogP contribution in [0.3, 0.4) is 0 Å². The van der Waals surface area contributed by atoms with Crippen molar-refractivity contribution in [2.75, 3.05) is 30.3 Å². The van der Waals surface area contributed by atoms with Crippen molar-refractivity contribution in [3.63, 3.8) is 0 Å². The first kappa shape index (κ1) is 24.7. The predicted molar refractivity (Wildman–Crippen MR) is 134 cm³/mol. The number of anilines is 1. The molecule has 2 aliphatic rings. The molecule has 4 rings (SSSR count). The molecule has 2 aromatic rings. The van der Waals surface area contributed by atoms with Crippen molar-refractivity contribution < 1.29 is 23.5 Å². The Bertz CT molecular complexity index is 1140. The smallest absolute Gasteiger partial charge is 0.309 e. The number of thioether (sulfide) groups is 1. The highest BCUT2D eigenvalue weighted by molar-refractivity contribution is 8.14. The summed E-state index contributed by atoms with van der Waals surface area (Å²) in [6.07, 6.45) is 2.83. The number of amides is 2. The summed E-state index contributed by atoms with van der Waals surface area (Å²) in [6.45, 7) is 3.09. The zero-order chi connectivity index (χ0) is 24.8. The van der Waals surface area contributed by atoms with E-state index in [4.69, 9.17) is 4.74 Å². The Labute approximate surface area is 207 Å². The molecule has 0 bridgehead atoms. The molecule has 35 heavy (non-hydrogen) atoms. The monoisotopic (exact) mass is 495 g/mol. The molecule has 0 aromatic heterocycles. The average molecular weight is 496 g/mol.